The van der Waals surface area contributed by atoms with Crippen LogP contribution < -0.4 is 5.32 Å². The first-order chi connectivity index (χ1) is 7.10. The third-order valence-electron chi connectivity index (χ3n) is 1.36. The van der Waals surface area contributed by atoms with Gasteiger partial charge in [-0.15, -0.1) is 0 Å². The normalized spacial score (nSPS) is 9.73. The first-order valence-corrected chi connectivity index (χ1v) is 4.29. The molecule has 1 amide bonds. The van der Waals surface area contributed by atoms with E-state index < -0.39 is 11.9 Å². The quantitative estimate of drug-likeness (QED) is 0.388. The van der Waals surface area contributed by atoms with Crippen LogP contribution in [0.5, 0.6) is 0 Å². The highest BCUT2D eigenvalue weighted by Crippen LogP contribution is 1.83. The van der Waals surface area contributed by atoms with Gasteiger partial charge in [0.2, 0.25) is 5.91 Å². The van der Waals surface area contributed by atoms with E-state index in [1.165, 1.54) is 7.11 Å². The number of methoxy groups -OCH3 is 1. The zero-order valence-electron chi connectivity index (χ0n) is 8.61. The molecule has 15 heavy (non-hydrogen) atoms. The monoisotopic (exact) mass is 215 g/mol. The Bertz CT molecular complexity index is 272. The van der Waals surface area contributed by atoms with Crippen LogP contribution in [-0.4, -0.2) is 31.7 Å². The molecule has 0 aliphatic heterocycles. The molecule has 0 aliphatic carbocycles. The molecule has 0 saturated carbocycles. The van der Waals surface area contributed by atoms with E-state index in [0.29, 0.717) is 6.42 Å². The lowest BCUT2D eigenvalue weighted by Crippen LogP contribution is -2.26. The van der Waals surface area contributed by atoms with E-state index in [1.807, 2.05) is 0 Å². The number of rotatable bonds is 5. The van der Waals surface area contributed by atoms with E-state index >= 15 is 0 Å². The lowest BCUT2D eigenvalue weighted by molar-refractivity contribution is -0.141. The first-order valence-electron chi connectivity index (χ1n) is 4.29. The van der Waals surface area contributed by atoms with Crippen molar-refractivity contribution in [1.29, 1.82) is 0 Å². The summed E-state index contributed by atoms with van der Waals surface area (Å²) in [6.45, 7) is 1.46. The fourth-order valence-corrected chi connectivity index (χ4v) is 0.565. The van der Waals surface area contributed by atoms with E-state index in [-0.39, 0.29) is 12.6 Å². The summed E-state index contributed by atoms with van der Waals surface area (Å²) >= 11 is 0. The van der Waals surface area contributed by atoms with Crippen LogP contribution in [0.3, 0.4) is 0 Å². The van der Waals surface area contributed by atoms with Gasteiger partial charge in [-0.05, 0) is 0 Å². The Labute approximate surface area is 87.2 Å². The topological polar surface area (TPSA) is 81.7 Å². The summed E-state index contributed by atoms with van der Waals surface area (Å²) in [5.74, 6) is -1.60. The predicted molar refractivity (Wildman–Crippen MR) is 50.5 cm³/mol. The van der Waals surface area contributed by atoms with Crippen molar-refractivity contribution in [3.63, 3.8) is 0 Å². The van der Waals surface area contributed by atoms with Crippen molar-refractivity contribution in [3.8, 4) is 0 Å². The standard InChI is InChI=1S/C9H13NO5/c1-3-7(11)10-6-15-9(13)5-4-8(12)14-2/h4-5H,3,6H2,1-2H3,(H,10,11)/b5-4+. The number of amides is 1. The molecule has 84 valence electrons. The molecule has 0 aromatic heterocycles. The smallest absolute Gasteiger partial charge is 0.332 e. The summed E-state index contributed by atoms with van der Waals surface area (Å²) in [6, 6.07) is 0. The van der Waals surface area contributed by atoms with Crippen LogP contribution in [0.2, 0.25) is 0 Å². The minimum absolute atomic E-state index is 0.211. The van der Waals surface area contributed by atoms with Crippen LogP contribution in [0.25, 0.3) is 0 Å². The van der Waals surface area contributed by atoms with E-state index in [9.17, 15) is 14.4 Å². The van der Waals surface area contributed by atoms with Crippen LogP contribution in [-0.2, 0) is 23.9 Å². The van der Waals surface area contributed by atoms with Crippen molar-refractivity contribution in [2.45, 2.75) is 13.3 Å². The molecular weight excluding hydrogens is 202 g/mol. The van der Waals surface area contributed by atoms with Crippen molar-refractivity contribution in [1.82, 2.24) is 5.32 Å². The Morgan fingerprint density at radius 3 is 2.33 bits per heavy atom. The van der Waals surface area contributed by atoms with E-state index in [0.717, 1.165) is 12.2 Å². The average Bonchev–Trinajstić information content (AvgIpc) is 2.25. The highest BCUT2D eigenvalue weighted by Gasteiger charge is 2.00. The van der Waals surface area contributed by atoms with Gasteiger partial charge in [0.15, 0.2) is 6.73 Å². The fourth-order valence-electron chi connectivity index (χ4n) is 0.565. The van der Waals surface area contributed by atoms with Crippen molar-refractivity contribution >= 4 is 17.8 Å². The largest absolute Gasteiger partial charge is 0.466 e. The lowest BCUT2D eigenvalue weighted by atomic mass is 10.5. The fraction of sp³-hybridized carbons (Fsp3) is 0.444. The van der Waals surface area contributed by atoms with Gasteiger partial charge in [0, 0.05) is 18.6 Å². The Morgan fingerprint density at radius 1 is 1.20 bits per heavy atom. The maximum Gasteiger partial charge on any atom is 0.332 e. The van der Waals surface area contributed by atoms with Crippen LogP contribution in [0.1, 0.15) is 13.3 Å². The van der Waals surface area contributed by atoms with Gasteiger partial charge in [0.05, 0.1) is 7.11 Å². The Morgan fingerprint density at radius 2 is 1.80 bits per heavy atom. The average molecular weight is 215 g/mol. The van der Waals surface area contributed by atoms with Crippen molar-refractivity contribution in [2.24, 2.45) is 0 Å². The molecule has 0 spiro atoms. The SMILES string of the molecule is CCC(=O)NCOC(=O)/C=C/C(=O)OC. The minimum atomic E-state index is -0.725. The van der Waals surface area contributed by atoms with Gasteiger partial charge in [-0.25, -0.2) is 9.59 Å². The predicted octanol–water partition coefficient (Wildman–Crippen LogP) is -0.258. The molecule has 0 fully saturated rings. The molecule has 0 aromatic rings. The number of nitrogens with one attached hydrogen (secondary N) is 1. The molecule has 1 N–H and O–H groups in total. The third-order valence-corrected chi connectivity index (χ3v) is 1.36. The molecule has 0 bridgehead atoms. The number of carbonyl (C=O) groups is 3. The first kappa shape index (κ1) is 13.2. The highest BCUT2D eigenvalue weighted by molar-refractivity contribution is 5.91. The van der Waals surface area contributed by atoms with Gasteiger partial charge in [0.25, 0.3) is 0 Å². The summed E-state index contributed by atoms with van der Waals surface area (Å²) in [4.78, 5) is 32.1. The zero-order valence-corrected chi connectivity index (χ0v) is 8.61. The number of ether oxygens (including phenoxy) is 2. The van der Waals surface area contributed by atoms with Crippen molar-refractivity contribution in [3.05, 3.63) is 12.2 Å². The van der Waals surface area contributed by atoms with Gasteiger partial charge >= 0.3 is 11.9 Å². The van der Waals surface area contributed by atoms with E-state index in [1.54, 1.807) is 6.92 Å². The summed E-state index contributed by atoms with van der Waals surface area (Å²) in [7, 11) is 1.19. The number of carbonyl (C=O) groups excluding carboxylic acids is 3. The summed E-state index contributed by atoms with van der Waals surface area (Å²) in [5.41, 5.74) is 0. The van der Waals surface area contributed by atoms with Gasteiger partial charge in [-0.2, -0.15) is 0 Å². The molecule has 6 nitrogen and oxygen atoms in total. The van der Waals surface area contributed by atoms with Crippen molar-refractivity contribution < 1.29 is 23.9 Å². The molecule has 6 heteroatoms. The Balaban J connectivity index is 3.71. The summed E-state index contributed by atoms with van der Waals surface area (Å²) in [6.07, 6.45) is 2.17. The molecule has 0 atom stereocenters. The molecule has 0 rings (SSSR count). The van der Waals surface area contributed by atoms with Crippen LogP contribution in [0.4, 0.5) is 0 Å². The third kappa shape index (κ3) is 7.24. The van der Waals surface area contributed by atoms with Gasteiger partial charge in [-0.1, -0.05) is 6.92 Å². The second-order valence-electron chi connectivity index (χ2n) is 2.42. The van der Waals surface area contributed by atoms with Gasteiger partial charge in [-0.3, -0.25) is 4.79 Å². The molecule has 0 saturated heterocycles. The summed E-state index contributed by atoms with van der Waals surface area (Å²) in [5, 5.41) is 2.33. The van der Waals surface area contributed by atoms with E-state index in [4.69, 9.17) is 0 Å². The van der Waals surface area contributed by atoms with Crippen LogP contribution >= 0.6 is 0 Å². The second kappa shape index (κ2) is 7.54. The molecule has 0 heterocycles. The second-order valence-corrected chi connectivity index (χ2v) is 2.42. The maximum absolute atomic E-state index is 10.9. The Kier molecular flexibility index (Phi) is 6.61. The molecular formula is C9H13NO5. The van der Waals surface area contributed by atoms with E-state index in [2.05, 4.69) is 14.8 Å². The zero-order chi connectivity index (χ0) is 11.7. The van der Waals surface area contributed by atoms with Gasteiger partial charge in [0.1, 0.15) is 0 Å². The number of hydrogen-bond donors (Lipinski definition) is 1. The molecule has 0 aromatic carbocycles. The minimum Gasteiger partial charge on any atom is -0.466 e. The molecule has 0 unspecified atom stereocenters. The van der Waals surface area contributed by atoms with Crippen LogP contribution in [0.15, 0.2) is 12.2 Å². The molecule has 0 aliphatic rings. The Hall–Kier alpha value is -1.85. The van der Waals surface area contributed by atoms with Gasteiger partial charge < -0.3 is 14.8 Å². The lowest BCUT2D eigenvalue weighted by Gasteiger charge is -2.02. The molecule has 0 radical (unpaired) electrons. The highest BCUT2D eigenvalue weighted by atomic mass is 16.5. The summed E-state index contributed by atoms with van der Waals surface area (Å²) < 4.78 is 8.80. The number of esters is 2. The number of hydrogen-bond acceptors (Lipinski definition) is 5. The van der Waals surface area contributed by atoms with Crippen LogP contribution in [0, 0.1) is 0 Å². The maximum atomic E-state index is 10.9. The van der Waals surface area contributed by atoms with Crippen molar-refractivity contribution in [2.75, 3.05) is 13.8 Å².